The molecule has 6 nitrogen and oxygen atoms in total. The van der Waals surface area contributed by atoms with Crippen LogP contribution in [0, 0.1) is 5.92 Å². The molecule has 0 radical (unpaired) electrons. The minimum Gasteiger partial charge on any atom is -0.493 e. The van der Waals surface area contributed by atoms with Crippen LogP contribution in [0.4, 0.5) is 0 Å². The molecule has 1 aromatic rings. The zero-order valence-electron chi connectivity index (χ0n) is 12.2. The van der Waals surface area contributed by atoms with Gasteiger partial charge in [-0.15, -0.1) is 0 Å². The number of ether oxygens (including phenoxy) is 1. The number of benzene rings is 1. The Morgan fingerprint density at radius 1 is 1.24 bits per heavy atom. The van der Waals surface area contributed by atoms with Gasteiger partial charge in [0, 0.05) is 18.6 Å². The van der Waals surface area contributed by atoms with Crippen molar-refractivity contribution in [1.29, 1.82) is 0 Å². The zero-order valence-corrected chi connectivity index (χ0v) is 12.2. The number of carboxylic acids is 1. The van der Waals surface area contributed by atoms with E-state index in [-0.39, 0.29) is 13.0 Å². The number of aliphatic hydroxyl groups excluding tert-OH is 1. The van der Waals surface area contributed by atoms with Crippen LogP contribution in [0.2, 0.25) is 0 Å². The van der Waals surface area contributed by atoms with Gasteiger partial charge in [0.25, 0.3) is 5.91 Å². The Balaban J connectivity index is 2.63. The normalized spacial score (nSPS) is 12.0. The summed E-state index contributed by atoms with van der Waals surface area (Å²) in [6.07, 6.45) is -0.0311. The fraction of sp³-hybridized carbons (Fsp3) is 0.467. The fourth-order valence-corrected chi connectivity index (χ4v) is 1.59. The smallest absolute Gasteiger partial charge is 0.326 e. The summed E-state index contributed by atoms with van der Waals surface area (Å²) in [5.41, 5.74) is 0.344. The van der Waals surface area contributed by atoms with Gasteiger partial charge >= 0.3 is 5.97 Å². The van der Waals surface area contributed by atoms with Crippen molar-refractivity contribution in [2.24, 2.45) is 5.92 Å². The molecule has 0 aliphatic carbocycles. The molecule has 0 aliphatic rings. The van der Waals surface area contributed by atoms with Crippen LogP contribution >= 0.6 is 0 Å². The molecule has 0 saturated carbocycles. The van der Waals surface area contributed by atoms with Gasteiger partial charge < -0.3 is 20.3 Å². The Morgan fingerprint density at radius 3 is 2.33 bits per heavy atom. The largest absolute Gasteiger partial charge is 0.493 e. The molecule has 0 spiro atoms. The third-order valence-electron chi connectivity index (χ3n) is 2.72. The third-order valence-corrected chi connectivity index (χ3v) is 2.72. The lowest BCUT2D eigenvalue weighted by atomic mass is 10.1. The van der Waals surface area contributed by atoms with Gasteiger partial charge in [-0.3, -0.25) is 4.79 Å². The van der Waals surface area contributed by atoms with Gasteiger partial charge in [0.15, 0.2) is 0 Å². The van der Waals surface area contributed by atoms with Crippen LogP contribution in [0.25, 0.3) is 0 Å². The van der Waals surface area contributed by atoms with Crippen molar-refractivity contribution in [2.75, 3.05) is 13.2 Å². The summed E-state index contributed by atoms with van der Waals surface area (Å²) in [4.78, 5) is 22.8. The Kier molecular flexibility index (Phi) is 6.68. The van der Waals surface area contributed by atoms with E-state index >= 15 is 0 Å². The van der Waals surface area contributed by atoms with Crippen LogP contribution < -0.4 is 10.1 Å². The molecule has 1 amide bonds. The van der Waals surface area contributed by atoms with Crippen molar-refractivity contribution in [3.8, 4) is 5.75 Å². The molecule has 1 atom stereocenters. The quantitative estimate of drug-likeness (QED) is 0.671. The zero-order chi connectivity index (χ0) is 15.8. The Bertz CT molecular complexity index is 469. The van der Waals surface area contributed by atoms with Crippen LogP contribution in [0.1, 0.15) is 30.6 Å². The number of carboxylic acid groups (broad SMARTS) is 1. The van der Waals surface area contributed by atoms with E-state index in [0.29, 0.717) is 23.8 Å². The molecule has 0 saturated heterocycles. The van der Waals surface area contributed by atoms with Gasteiger partial charge in [0.2, 0.25) is 0 Å². The number of nitrogens with one attached hydrogen (secondary N) is 1. The maximum Gasteiger partial charge on any atom is 0.326 e. The summed E-state index contributed by atoms with van der Waals surface area (Å²) < 4.78 is 5.50. The van der Waals surface area contributed by atoms with Crippen molar-refractivity contribution in [3.05, 3.63) is 29.8 Å². The highest BCUT2D eigenvalue weighted by atomic mass is 16.5. The van der Waals surface area contributed by atoms with E-state index in [0.717, 1.165) is 0 Å². The van der Waals surface area contributed by atoms with Gasteiger partial charge in [-0.1, -0.05) is 13.8 Å². The molecule has 116 valence electrons. The molecule has 0 fully saturated rings. The lowest BCUT2D eigenvalue weighted by Gasteiger charge is -2.13. The van der Waals surface area contributed by atoms with E-state index < -0.39 is 17.9 Å². The van der Waals surface area contributed by atoms with Crippen molar-refractivity contribution in [2.45, 2.75) is 26.3 Å². The van der Waals surface area contributed by atoms with E-state index in [1.807, 2.05) is 13.8 Å². The lowest BCUT2D eigenvalue weighted by Crippen LogP contribution is -2.41. The first kappa shape index (κ1) is 17.0. The SMILES string of the molecule is CC(C)COc1ccc(C(=O)N[C@@H](CCO)C(=O)O)cc1. The number of aliphatic hydroxyl groups is 1. The van der Waals surface area contributed by atoms with Crippen molar-refractivity contribution >= 4 is 11.9 Å². The molecule has 0 bridgehead atoms. The monoisotopic (exact) mass is 295 g/mol. The lowest BCUT2D eigenvalue weighted by molar-refractivity contribution is -0.139. The molecule has 1 aromatic carbocycles. The van der Waals surface area contributed by atoms with E-state index in [9.17, 15) is 9.59 Å². The number of hydrogen-bond acceptors (Lipinski definition) is 4. The summed E-state index contributed by atoms with van der Waals surface area (Å²) >= 11 is 0. The van der Waals surface area contributed by atoms with Crippen LogP contribution in [0.15, 0.2) is 24.3 Å². The molecule has 3 N–H and O–H groups in total. The number of hydrogen-bond donors (Lipinski definition) is 3. The highest BCUT2D eigenvalue weighted by molar-refractivity contribution is 5.96. The number of aliphatic carboxylic acids is 1. The Morgan fingerprint density at radius 2 is 1.86 bits per heavy atom. The Labute approximate surface area is 123 Å². The predicted octanol–water partition coefficient (Wildman–Crippen LogP) is 1.29. The highest BCUT2D eigenvalue weighted by Crippen LogP contribution is 2.13. The van der Waals surface area contributed by atoms with Gasteiger partial charge in [-0.05, 0) is 30.2 Å². The summed E-state index contributed by atoms with van der Waals surface area (Å²) in [5.74, 6) is -0.603. The van der Waals surface area contributed by atoms with Crippen molar-refractivity contribution in [1.82, 2.24) is 5.32 Å². The first-order valence-corrected chi connectivity index (χ1v) is 6.81. The maximum absolute atomic E-state index is 11.9. The molecule has 0 heterocycles. The average molecular weight is 295 g/mol. The van der Waals surface area contributed by atoms with Crippen molar-refractivity contribution in [3.63, 3.8) is 0 Å². The summed E-state index contributed by atoms with van der Waals surface area (Å²) in [5, 5.41) is 20.1. The predicted molar refractivity (Wildman–Crippen MR) is 77.4 cm³/mol. The van der Waals surface area contributed by atoms with Crippen LogP contribution in [-0.4, -0.2) is 41.3 Å². The standard InChI is InChI=1S/C15H21NO5/c1-10(2)9-21-12-5-3-11(4-6-12)14(18)16-13(7-8-17)15(19)20/h3-6,10,13,17H,7-9H2,1-2H3,(H,16,18)(H,19,20)/t13-/m0/s1. The van der Waals surface area contributed by atoms with Crippen LogP contribution in [0.3, 0.4) is 0 Å². The van der Waals surface area contributed by atoms with Gasteiger partial charge in [-0.2, -0.15) is 0 Å². The first-order chi connectivity index (χ1) is 9.93. The van der Waals surface area contributed by atoms with E-state index in [1.54, 1.807) is 24.3 Å². The highest BCUT2D eigenvalue weighted by Gasteiger charge is 2.19. The van der Waals surface area contributed by atoms with E-state index in [1.165, 1.54) is 0 Å². The number of rotatable bonds is 8. The summed E-state index contributed by atoms with van der Waals surface area (Å²) in [7, 11) is 0. The first-order valence-electron chi connectivity index (χ1n) is 6.81. The summed E-state index contributed by atoms with van der Waals surface area (Å²) in [6.45, 7) is 4.35. The molecule has 0 aromatic heterocycles. The molecule has 6 heteroatoms. The molecule has 1 rings (SSSR count). The number of amides is 1. The Hall–Kier alpha value is -2.08. The number of carbonyl (C=O) groups excluding carboxylic acids is 1. The minimum atomic E-state index is -1.17. The molecule has 0 unspecified atom stereocenters. The third kappa shape index (κ3) is 5.83. The average Bonchev–Trinajstić information content (AvgIpc) is 2.45. The molecular weight excluding hydrogens is 274 g/mol. The second-order valence-electron chi connectivity index (χ2n) is 5.11. The second-order valence-corrected chi connectivity index (χ2v) is 5.11. The van der Waals surface area contributed by atoms with Crippen LogP contribution in [0.5, 0.6) is 5.75 Å². The summed E-state index contributed by atoms with van der Waals surface area (Å²) in [6, 6.07) is 5.38. The van der Waals surface area contributed by atoms with Gasteiger partial charge in [-0.25, -0.2) is 4.79 Å². The molecular formula is C15H21NO5. The van der Waals surface area contributed by atoms with Gasteiger partial charge in [0.05, 0.1) is 6.61 Å². The second kappa shape index (κ2) is 8.26. The van der Waals surface area contributed by atoms with Crippen molar-refractivity contribution < 1.29 is 24.5 Å². The minimum absolute atomic E-state index is 0.0311. The van der Waals surface area contributed by atoms with E-state index in [4.69, 9.17) is 14.9 Å². The molecule has 21 heavy (non-hydrogen) atoms. The number of carbonyl (C=O) groups is 2. The maximum atomic E-state index is 11.9. The molecule has 0 aliphatic heterocycles. The van der Waals surface area contributed by atoms with Crippen LogP contribution in [-0.2, 0) is 4.79 Å². The van der Waals surface area contributed by atoms with Gasteiger partial charge in [0.1, 0.15) is 11.8 Å². The van der Waals surface area contributed by atoms with E-state index in [2.05, 4.69) is 5.32 Å². The topological polar surface area (TPSA) is 95.9 Å². The fourth-order valence-electron chi connectivity index (χ4n) is 1.59.